The van der Waals surface area contributed by atoms with Crippen molar-refractivity contribution in [3.8, 4) is 0 Å². The van der Waals surface area contributed by atoms with Gasteiger partial charge in [0.25, 0.3) is 0 Å². The molecule has 3 rings (SSSR count). The molecule has 1 aromatic rings. The van der Waals surface area contributed by atoms with Crippen LogP contribution in [0.5, 0.6) is 0 Å². The molecule has 18 heavy (non-hydrogen) atoms. The molecule has 1 saturated heterocycles. The van der Waals surface area contributed by atoms with Crippen LogP contribution in [0.25, 0.3) is 0 Å². The lowest BCUT2D eigenvalue weighted by molar-refractivity contribution is 0.0401. The van der Waals surface area contributed by atoms with E-state index in [1.807, 2.05) is 0 Å². The molecular formula is C16H23NO. The highest BCUT2D eigenvalue weighted by Crippen LogP contribution is 2.37. The minimum atomic E-state index is 0.0370. The maximum atomic E-state index is 6.37. The molecule has 2 fully saturated rings. The molecule has 0 aromatic heterocycles. The molecule has 3 atom stereocenters. The first-order chi connectivity index (χ1) is 8.74. The fourth-order valence-electron chi connectivity index (χ4n) is 3.07. The molecule has 0 spiro atoms. The maximum absolute atomic E-state index is 6.37. The van der Waals surface area contributed by atoms with Gasteiger partial charge in [-0.3, -0.25) is 0 Å². The van der Waals surface area contributed by atoms with Crippen LogP contribution in [0.15, 0.2) is 24.3 Å². The van der Waals surface area contributed by atoms with E-state index in [0.29, 0.717) is 6.10 Å². The Labute approximate surface area is 110 Å². The summed E-state index contributed by atoms with van der Waals surface area (Å²) in [6.45, 7) is 2.14. The number of benzene rings is 1. The molecule has 1 aliphatic carbocycles. The number of hydrogen-bond acceptors (Lipinski definition) is 2. The lowest BCUT2D eigenvalue weighted by atomic mass is 9.79. The van der Waals surface area contributed by atoms with Crippen LogP contribution in [0.1, 0.15) is 62.1 Å². The van der Waals surface area contributed by atoms with Gasteiger partial charge in [0.05, 0.1) is 18.2 Å². The van der Waals surface area contributed by atoms with Crippen molar-refractivity contribution in [3.63, 3.8) is 0 Å². The van der Waals surface area contributed by atoms with E-state index in [0.717, 1.165) is 18.8 Å². The third kappa shape index (κ3) is 2.32. The molecular weight excluding hydrogens is 222 g/mol. The molecule has 0 bridgehead atoms. The zero-order valence-electron chi connectivity index (χ0n) is 11.1. The van der Waals surface area contributed by atoms with Gasteiger partial charge in [0.1, 0.15) is 0 Å². The van der Waals surface area contributed by atoms with Gasteiger partial charge in [-0.25, -0.2) is 0 Å². The molecule has 2 nitrogen and oxygen atoms in total. The van der Waals surface area contributed by atoms with E-state index in [2.05, 4.69) is 31.2 Å². The molecule has 0 radical (unpaired) electrons. The smallest absolute Gasteiger partial charge is 0.0772 e. The maximum Gasteiger partial charge on any atom is 0.0772 e. The Hall–Kier alpha value is -0.860. The number of nitrogens with two attached hydrogens (primary N) is 1. The molecule has 2 aliphatic rings. The average Bonchev–Trinajstić information content (AvgIpc) is 2.73. The largest absolute Gasteiger partial charge is 0.373 e. The first kappa shape index (κ1) is 12.2. The van der Waals surface area contributed by atoms with Crippen molar-refractivity contribution < 1.29 is 4.74 Å². The van der Waals surface area contributed by atoms with Crippen molar-refractivity contribution in [2.75, 3.05) is 0 Å². The number of rotatable bonds is 3. The summed E-state index contributed by atoms with van der Waals surface area (Å²) >= 11 is 0. The summed E-state index contributed by atoms with van der Waals surface area (Å²) in [7, 11) is 0. The van der Waals surface area contributed by atoms with E-state index in [4.69, 9.17) is 10.5 Å². The predicted octanol–water partition coefficient (Wildman–Crippen LogP) is 3.52. The molecule has 2 N–H and O–H groups in total. The van der Waals surface area contributed by atoms with Crippen LogP contribution >= 0.6 is 0 Å². The van der Waals surface area contributed by atoms with Gasteiger partial charge in [-0.15, -0.1) is 0 Å². The molecule has 1 heterocycles. The summed E-state index contributed by atoms with van der Waals surface area (Å²) in [5, 5.41) is 0. The Morgan fingerprint density at radius 2 is 2.06 bits per heavy atom. The highest BCUT2D eigenvalue weighted by Gasteiger charge is 2.29. The van der Waals surface area contributed by atoms with E-state index in [1.165, 1.54) is 30.4 Å². The van der Waals surface area contributed by atoms with E-state index in [9.17, 15) is 0 Å². The normalized spacial score (nSPS) is 30.1. The van der Waals surface area contributed by atoms with Crippen molar-refractivity contribution in [2.24, 2.45) is 5.73 Å². The summed E-state index contributed by atoms with van der Waals surface area (Å²) in [5.74, 6) is 0.778. The van der Waals surface area contributed by atoms with Gasteiger partial charge in [-0.05, 0) is 49.7 Å². The van der Waals surface area contributed by atoms with Crippen molar-refractivity contribution in [1.82, 2.24) is 0 Å². The Kier molecular flexibility index (Phi) is 3.40. The van der Waals surface area contributed by atoms with E-state index < -0.39 is 0 Å². The molecule has 98 valence electrons. The van der Waals surface area contributed by atoms with Crippen molar-refractivity contribution >= 4 is 0 Å². The Balaban J connectivity index is 1.74. The minimum absolute atomic E-state index is 0.0370. The van der Waals surface area contributed by atoms with E-state index >= 15 is 0 Å². The second-order valence-corrected chi connectivity index (χ2v) is 5.89. The zero-order valence-corrected chi connectivity index (χ0v) is 11.1. The molecule has 2 heteroatoms. The summed E-state index contributed by atoms with van der Waals surface area (Å²) in [5.41, 5.74) is 9.09. The van der Waals surface area contributed by atoms with Gasteiger partial charge in [0.2, 0.25) is 0 Å². The van der Waals surface area contributed by atoms with Crippen LogP contribution in [0.2, 0.25) is 0 Å². The first-order valence-electron chi connectivity index (χ1n) is 7.25. The van der Waals surface area contributed by atoms with Gasteiger partial charge in [0.15, 0.2) is 0 Å². The first-order valence-corrected chi connectivity index (χ1v) is 7.25. The molecule has 1 aromatic carbocycles. The third-order valence-electron chi connectivity index (χ3n) is 4.54. The van der Waals surface area contributed by atoms with Gasteiger partial charge in [0, 0.05) is 0 Å². The highest BCUT2D eigenvalue weighted by atomic mass is 16.5. The monoisotopic (exact) mass is 245 g/mol. The van der Waals surface area contributed by atoms with Gasteiger partial charge in [-0.1, -0.05) is 30.7 Å². The highest BCUT2D eigenvalue weighted by molar-refractivity contribution is 5.30. The van der Waals surface area contributed by atoms with Crippen LogP contribution < -0.4 is 5.73 Å². The topological polar surface area (TPSA) is 35.2 Å². The fraction of sp³-hybridized carbons (Fsp3) is 0.625. The summed E-state index contributed by atoms with van der Waals surface area (Å²) in [6.07, 6.45) is 6.87. The van der Waals surface area contributed by atoms with Crippen molar-refractivity contribution in [3.05, 3.63) is 35.4 Å². The van der Waals surface area contributed by atoms with E-state index in [1.54, 1.807) is 0 Å². The van der Waals surface area contributed by atoms with Crippen molar-refractivity contribution in [1.29, 1.82) is 0 Å². The third-order valence-corrected chi connectivity index (χ3v) is 4.54. The van der Waals surface area contributed by atoms with Gasteiger partial charge in [-0.2, -0.15) is 0 Å². The average molecular weight is 245 g/mol. The van der Waals surface area contributed by atoms with Crippen LogP contribution in [0.4, 0.5) is 0 Å². The van der Waals surface area contributed by atoms with Crippen LogP contribution in [0, 0.1) is 0 Å². The SMILES string of the molecule is CC1CCC(C(N)c2cccc(C3CCC3)c2)O1. The predicted molar refractivity (Wildman–Crippen MR) is 73.5 cm³/mol. The van der Waals surface area contributed by atoms with Gasteiger partial charge < -0.3 is 10.5 Å². The quantitative estimate of drug-likeness (QED) is 0.884. The van der Waals surface area contributed by atoms with Gasteiger partial charge >= 0.3 is 0 Å². The Morgan fingerprint density at radius 1 is 1.22 bits per heavy atom. The molecule has 1 aliphatic heterocycles. The minimum Gasteiger partial charge on any atom is -0.373 e. The molecule has 3 unspecified atom stereocenters. The van der Waals surface area contributed by atoms with Crippen LogP contribution in [-0.2, 0) is 4.74 Å². The Bertz CT molecular complexity index is 413. The molecule has 0 amide bonds. The van der Waals surface area contributed by atoms with Crippen LogP contribution in [-0.4, -0.2) is 12.2 Å². The van der Waals surface area contributed by atoms with E-state index in [-0.39, 0.29) is 12.1 Å². The zero-order chi connectivity index (χ0) is 12.5. The lowest BCUT2D eigenvalue weighted by Gasteiger charge is -2.27. The number of hydrogen-bond donors (Lipinski definition) is 1. The second kappa shape index (κ2) is 5.02. The number of ether oxygens (including phenoxy) is 1. The molecule has 1 saturated carbocycles. The van der Waals surface area contributed by atoms with Crippen molar-refractivity contribution in [2.45, 2.75) is 63.2 Å². The fourth-order valence-corrected chi connectivity index (χ4v) is 3.07. The standard InChI is InChI=1S/C16H23NO/c1-11-8-9-15(18-11)16(17)14-7-3-6-13(10-14)12-4-2-5-12/h3,6-7,10-12,15-16H,2,4-5,8-9,17H2,1H3. The summed E-state index contributed by atoms with van der Waals surface area (Å²) < 4.78 is 5.89. The van der Waals surface area contributed by atoms with Crippen LogP contribution in [0.3, 0.4) is 0 Å². The summed E-state index contributed by atoms with van der Waals surface area (Å²) in [4.78, 5) is 0. The Morgan fingerprint density at radius 3 is 2.67 bits per heavy atom. The lowest BCUT2D eigenvalue weighted by Crippen LogP contribution is -2.26. The second-order valence-electron chi connectivity index (χ2n) is 5.89. The summed E-state index contributed by atoms with van der Waals surface area (Å²) in [6, 6.07) is 8.90.